The van der Waals surface area contributed by atoms with Crippen molar-refractivity contribution in [2.24, 2.45) is 0 Å². The van der Waals surface area contributed by atoms with Crippen molar-refractivity contribution in [2.45, 2.75) is 6.61 Å². The van der Waals surface area contributed by atoms with Gasteiger partial charge < -0.3 is 9.15 Å². The maximum atomic E-state index is 5.92. The van der Waals surface area contributed by atoms with Crippen LogP contribution in [0.4, 0.5) is 0 Å². The van der Waals surface area contributed by atoms with Crippen LogP contribution in [0.3, 0.4) is 0 Å². The average molecular weight is 336 g/mol. The summed E-state index contributed by atoms with van der Waals surface area (Å²) in [4.78, 5) is 4.54. The summed E-state index contributed by atoms with van der Waals surface area (Å²) in [5.41, 5.74) is 3.51. The minimum absolute atomic E-state index is 0.522. The van der Waals surface area contributed by atoms with Crippen molar-refractivity contribution < 1.29 is 9.15 Å². The second kappa shape index (κ2) is 6.38. The Balaban J connectivity index is 1.58. The van der Waals surface area contributed by atoms with Crippen LogP contribution in [0.1, 0.15) is 5.56 Å². The third kappa shape index (κ3) is 3.12. The summed E-state index contributed by atoms with van der Waals surface area (Å²) in [6, 6.07) is 23.1. The lowest BCUT2D eigenvalue weighted by atomic mass is 10.2. The number of nitrogens with zero attached hydrogens (tertiary/aromatic N) is 1. The molecule has 4 aromatic rings. The number of oxazole rings is 1. The summed E-state index contributed by atoms with van der Waals surface area (Å²) in [6.45, 7) is 0.522. The minimum Gasteiger partial charge on any atom is -0.489 e. The Kier molecular flexibility index (Phi) is 3.93. The van der Waals surface area contributed by atoms with Gasteiger partial charge in [-0.3, -0.25) is 0 Å². The van der Waals surface area contributed by atoms with E-state index in [0.717, 1.165) is 28.0 Å². The van der Waals surface area contributed by atoms with Crippen molar-refractivity contribution in [3.63, 3.8) is 0 Å². The molecule has 0 saturated heterocycles. The Morgan fingerprint density at radius 1 is 0.917 bits per heavy atom. The van der Waals surface area contributed by atoms with E-state index in [1.54, 1.807) is 0 Å². The molecular formula is C20H14ClNO2. The highest BCUT2D eigenvalue weighted by Crippen LogP contribution is 2.28. The quantitative estimate of drug-likeness (QED) is 0.478. The smallest absolute Gasteiger partial charge is 0.227 e. The topological polar surface area (TPSA) is 35.3 Å². The number of fused-ring (bicyclic) bond motifs is 1. The molecule has 24 heavy (non-hydrogen) atoms. The third-order valence-corrected chi connectivity index (χ3v) is 3.95. The van der Waals surface area contributed by atoms with E-state index in [1.807, 2.05) is 72.8 Å². The van der Waals surface area contributed by atoms with E-state index in [-0.39, 0.29) is 0 Å². The number of hydrogen-bond donors (Lipinski definition) is 0. The summed E-state index contributed by atoms with van der Waals surface area (Å²) in [5.74, 6) is 1.34. The monoisotopic (exact) mass is 335 g/mol. The van der Waals surface area contributed by atoms with Crippen LogP contribution in [0.15, 0.2) is 77.2 Å². The second-order valence-corrected chi connectivity index (χ2v) is 5.87. The van der Waals surface area contributed by atoms with Gasteiger partial charge in [-0.1, -0.05) is 41.9 Å². The molecule has 0 atom stereocenters. The maximum Gasteiger partial charge on any atom is 0.227 e. The van der Waals surface area contributed by atoms with Gasteiger partial charge in [-0.15, -0.1) is 0 Å². The van der Waals surface area contributed by atoms with Gasteiger partial charge in [-0.2, -0.15) is 0 Å². The number of benzene rings is 3. The number of rotatable bonds is 4. The summed E-state index contributed by atoms with van der Waals surface area (Å²) in [6.07, 6.45) is 0. The fraction of sp³-hybridized carbons (Fsp3) is 0.0500. The van der Waals surface area contributed by atoms with E-state index < -0.39 is 0 Å². The molecule has 4 heteroatoms. The third-order valence-electron chi connectivity index (χ3n) is 3.70. The van der Waals surface area contributed by atoms with Crippen LogP contribution in [0.2, 0.25) is 5.02 Å². The lowest BCUT2D eigenvalue weighted by Crippen LogP contribution is -1.94. The van der Waals surface area contributed by atoms with Crippen LogP contribution >= 0.6 is 11.6 Å². The lowest BCUT2D eigenvalue weighted by molar-refractivity contribution is 0.306. The van der Waals surface area contributed by atoms with Gasteiger partial charge in [-0.25, -0.2) is 4.98 Å². The molecule has 0 aliphatic rings. The highest BCUT2D eigenvalue weighted by atomic mass is 35.5. The molecular weight excluding hydrogens is 322 g/mol. The molecule has 0 saturated carbocycles. The molecule has 1 heterocycles. The Morgan fingerprint density at radius 2 is 1.71 bits per heavy atom. The molecule has 0 bridgehead atoms. The largest absolute Gasteiger partial charge is 0.489 e. The lowest BCUT2D eigenvalue weighted by Gasteiger charge is -2.05. The van der Waals surface area contributed by atoms with Crippen LogP contribution in [0.25, 0.3) is 22.6 Å². The van der Waals surface area contributed by atoms with Crippen molar-refractivity contribution in [2.75, 3.05) is 0 Å². The first-order valence-electron chi connectivity index (χ1n) is 7.61. The van der Waals surface area contributed by atoms with Crippen LogP contribution in [-0.4, -0.2) is 4.98 Å². The van der Waals surface area contributed by atoms with Crippen LogP contribution < -0.4 is 4.74 Å². The molecule has 0 unspecified atom stereocenters. The fourth-order valence-corrected chi connectivity index (χ4v) is 2.58. The van der Waals surface area contributed by atoms with Gasteiger partial charge >= 0.3 is 0 Å². The van der Waals surface area contributed by atoms with Crippen molar-refractivity contribution in [3.8, 4) is 17.2 Å². The Labute approximate surface area is 144 Å². The molecule has 0 amide bonds. The summed E-state index contributed by atoms with van der Waals surface area (Å²) in [7, 11) is 0. The molecule has 0 aliphatic carbocycles. The predicted octanol–water partition coefficient (Wildman–Crippen LogP) is 5.73. The molecule has 0 spiro atoms. The molecule has 118 valence electrons. The fourth-order valence-electron chi connectivity index (χ4n) is 2.45. The van der Waals surface area contributed by atoms with Gasteiger partial charge in [0, 0.05) is 16.7 Å². The molecule has 0 N–H and O–H groups in total. The Bertz CT molecular complexity index is 962. The average Bonchev–Trinajstić information content (AvgIpc) is 3.05. The van der Waals surface area contributed by atoms with E-state index in [2.05, 4.69) is 4.98 Å². The molecule has 0 radical (unpaired) electrons. The maximum absolute atomic E-state index is 5.92. The van der Waals surface area contributed by atoms with E-state index in [0.29, 0.717) is 17.5 Å². The highest BCUT2D eigenvalue weighted by Gasteiger charge is 2.09. The minimum atomic E-state index is 0.522. The molecule has 4 rings (SSSR count). The first kappa shape index (κ1) is 14.8. The second-order valence-electron chi connectivity index (χ2n) is 5.43. The van der Waals surface area contributed by atoms with Crippen LogP contribution in [0.5, 0.6) is 5.75 Å². The first-order chi connectivity index (χ1) is 11.8. The summed E-state index contributed by atoms with van der Waals surface area (Å²) < 4.78 is 11.6. The Morgan fingerprint density at radius 3 is 2.50 bits per heavy atom. The zero-order chi connectivity index (χ0) is 16.4. The van der Waals surface area contributed by atoms with Crippen molar-refractivity contribution in [3.05, 3.63) is 83.4 Å². The SMILES string of the molecule is Clc1ccc(-c2nc3cc(OCc4ccccc4)ccc3o2)cc1. The predicted molar refractivity (Wildman–Crippen MR) is 95.2 cm³/mol. The zero-order valence-electron chi connectivity index (χ0n) is 12.8. The van der Waals surface area contributed by atoms with Crippen LogP contribution in [-0.2, 0) is 6.61 Å². The molecule has 3 nitrogen and oxygen atoms in total. The summed E-state index contributed by atoms with van der Waals surface area (Å²) >= 11 is 5.92. The molecule has 3 aromatic carbocycles. The van der Waals surface area contributed by atoms with Crippen molar-refractivity contribution in [1.29, 1.82) is 0 Å². The molecule has 1 aromatic heterocycles. The number of ether oxygens (including phenoxy) is 1. The van der Waals surface area contributed by atoms with Gasteiger partial charge in [-0.05, 0) is 42.0 Å². The van der Waals surface area contributed by atoms with Crippen LogP contribution in [0, 0.1) is 0 Å². The van der Waals surface area contributed by atoms with Crippen molar-refractivity contribution in [1.82, 2.24) is 4.98 Å². The van der Waals surface area contributed by atoms with E-state index in [4.69, 9.17) is 20.8 Å². The van der Waals surface area contributed by atoms with Gasteiger partial charge in [0.25, 0.3) is 0 Å². The highest BCUT2D eigenvalue weighted by molar-refractivity contribution is 6.30. The van der Waals surface area contributed by atoms with E-state index in [1.165, 1.54) is 0 Å². The Hall–Kier alpha value is -2.78. The number of halogens is 1. The standard InChI is InChI=1S/C20H14ClNO2/c21-16-8-6-15(7-9-16)20-22-18-12-17(10-11-19(18)24-20)23-13-14-4-2-1-3-5-14/h1-12H,13H2. The van der Waals surface area contributed by atoms with Gasteiger partial charge in [0.05, 0.1) is 0 Å². The van der Waals surface area contributed by atoms with Gasteiger partial charge in [0.15, 0.2) is 5.58 Å². The number of aromatic nitrogens is 1. The van der Waals surface area contributed by atoms with Gasteiger partial charge in [0.1, 0.15) is 17.9 Å². The number of hydrogen-bond acceptors (Lipinski definition) is 3. The zero-order valence-corrected chi connectivity index (χ0v) is 13.5. The van der Waals surface area contributed by atoms with Gasteiger partial charge in [0.2, 0.25) is 5.89 Å². The van der Waals surface area contributed by atoms with E-state index >= 15 is 0 Å². The van der Waals surface area contributed by atoms with Crippen molar-refractivity contribution >= 4 is 22.7 Å². The summed E-state index contributed by atoms with van der Waals surface area (Å²) in [5, 5.41) is 0.687. The first-order valence-corrected chi connectivity index (χ1v) is 7.99. The van der Waals surface area contributed by atoms with E-state index in [9.17, 15) is 0 Å². The molecule has 0 aliphatic heterocycles. The molecule has 0 fully saturated rings. The normalized spacial score (nSPS) is 10.9.